The van der Waals surface area contributed by atoms with Gasteiger partial charge in [0.05, 0.1) is 20.3 Å². The van der Waals surface area contributed by atoms with Crippen molar-refractivity contribution >= 4 is 17.8 Å². The predicted octanol–water partition coefficient (Wildman–Crippen LogP) is 2.62. The fourth-order valence-electron chi connectivity index (χ4n) is 2.27. The van der Waals surface area contributed by atoms with Crippen LogP contribution in [0.2, 0.25) is 0 Å². The predicted molar refractivity (Wildman–Crippen MR) is 95.5 cm³/mol. The third-order valence-corrected chi connectivity index (χ3v) is 3.62. The summed E-state index contributed by atoms with van der Waals surface area (Å²) in [6, 6.07) is 8.91. The summed E-state index contributed by atoms with van der Waals surface area (Å²) in [7, 11) is 1.23. The van der Waals surface area contributed by atoms with Crippen LogP contribution in [-0.2, 0) is 30.4 Å². The van der Waals surface area contributed by atoms with E-state index < -0.39 is 18.1 Å². The normalized spacial score (nSPS) is 11.5. The molecule has 144 valence electrons. The van der Waals surface area contributed by atoms with Gasteiger partial charge in [-0.1, -0.05) is 30.3 Å². The van der Waals surface area contributed by atoms with Gasteiger partial charge in [-0.3, -0.25) is 4.79 Å². The monoisotopic (exact) mass is 365 g/mol. The smallest absolute Gasteiger partial charge is 0.407 e. The van der Waals surface area contributed by atoms with Gasteiger partial charge in [0.15, 0.2) is 0 Å². The molecule has 0 fully saturated rings. The number of ketones is 1. The molecule has 1 N–H and O–H groups in total. The number of ether oxygens (including phenoxy) is 3. The molecule has 0 saturated carbocycles. The molecule has 26 heavy (non-hydrogen) atoms. The molecule has 1 atom stereocenters. The van der Waals surface area contributed by atoms with E-state index in [0.717, 1.165) is 5.56 Å². The van der Waals surface area contributed by atoms with E-state index in [9.17, 15) is 14.4 Å². The molecule has 0 aliphatic heterocycles. The number of Topliss-reactive ketones (excluding diaryl/α,β-unsaturated/α-hetero) is 1. The molecule has 0 aromatic heterocycles. The standard InChI is InChI=1S/C19H27NO6/c1-3-26-19(23)20-17(18(22)24-2)12-11-16(21)10-7-13-25-14-15-8-5-4-6-9-15/h4-6,8-9,17H,3,7,10-14H2,1-2H3,(H,20,23)/t17-/m0/s1. The lowest BCUT2D eigenvalue weighted by Crippen LogP contribution is -2.42. The Kier molecular flexibility index (Phi) is 10.7. The lowest BCUT2D eigenvalue weighted by atomic mass is 10.1. The van der Waals surface area contributed by atoms with Gasteiger partial charge in [0.25, 0.3) is 0 Å². The van der Waals surface area contributed by atoms with Crippen LogP contribution in [0.5, 0.6) is 0 Å². The van der Waals surface area contributed by atoms with Crippen molar-refractivity contribution in [1.82, 2.24) is 5.32 Å². The van der Waals surface area contributed by atoms with Crippen molar-refractivity contribution in [1.29, 1.82) is 0 Å². The third kappa shape index (κ3) is 9.17. The zero-order chi connectivity index (χ0) is 19.2. The van der Waals surface area contributed by atoms with Crippen molar-refractivity contribution in [3.63, 3.8) is 0 Å². The van der Waals surface area contributed by atoms with Crippen LogP contribution < -0.4 is 5.32 Å². The fraction of sp³-hybridized carbons (Fsp3) is 0.526. The van der Waals surface area contributed by atoms with E-state index in [1.165, 1.54) is 7.11 Å². The average molecular weight is 365 g/mol. The van der Waals surface area contributed by atoms with Crippen molar-refractivity contribution in [3.8, 4) is 0 Å². The minimum Gasteiger partial charge on any atom is -0.467 e. The number of hydrogen-bond donors (Lipinski definition) is 1. The Balaban J connectivity index is 2.23. The number of benzene rings is 1. The Hall–Kier alpha value is -2.41. The van der Waals surface area contributed by atoms with Crippen LogP contribution in [0.1, 0.15) is 38.2 Å². The molecule has 1 amide bonds. The van der Waals surface area contributed by atoms with Gasteiger partial charge >= 0.3 is 12.1 Å². The molecular formula is C19H27NO6. The van der Waals surface area contributed by atoms with Crippen molar-refractivity contribution in [2.45, 2.75) is 45.3 Å². The molecule has 7 nitrogen and oxygen atoms in total. The van der Waals surface area contributed by atoms with Gasteiger partial charge in [-0.15, -0.1) is 0 Å². The van der Waals surface area contributed by atoms with Crippen LogP contribution in [-0.4, -0.2) is 44.2 Å². The number of methoxy groups -OCH3 is 1. The van der Waals surface area contributed by atoms with Gasteiger partial charge in [-0.25, -0.2) is 9.59 Å². The first-order valence-corrected chi connectivity index (χ1v) is 8.71. The summed E-state index contributed by atoms with van der Waals surface area (Å²) < 4.78 is 14.9. The molecule has 0 saturated heterocycles. The first-order chi connectivity index (χ1) is 12.6. The minimum absolute atomic E-state index is 0.00729. The van der Waals surface area contributed by atoms with Gasteiger partial charge in [0, 0.05) is 19.4 Å². The molecule has 1 aromatic rings. The highest BCUT2D eigenvalue weighted by Crippen LogP contribution is 2.06. The number of alkyl carbamates (subject to hydrolysis) is 1. The molecule has 0 spiro atoms. The summed E-state index contributed by atoms with van der Waals surface area (Å²) in [5.74, 6) is -0.593. The second-order valence-corrected chi connectivity index (χ2v) is 5.66. The Bertz CT molecular complexity index is 560. The number of hydrogen-bond acceptors (Lipinski definition) is 6. The van der Waals surface area contributed by atoms with E-state index in [1.807, 2.05) is 30.3 Å². The summed E-state index contributed by atoms with van der Waals surface area (Å²) in [6.45, 7) is 2.86. The molecule has 0 bridgehead atoms. The number of amides is 1. The number of carbonyl (C=O) groups excluding carboxylic acids is 3. The van der Waals surface area contributed by atoms with Gasteiger partial charge < -0.3 is 19.5 Å². The van der Waals surface area contributed by atoms with Crippen molar-refractivity contribution in [2.24, 2.45) is 0 Å². The molecule has 7 heteroatoms. The Morgan fingerprint density at radius 1 is 1.12 bits per heavy atom. The van der Waals surface area contributed by atoms with E-state index in [0.29, 0.717) is 26.1 Å². The molecule has 0 heterocycles. The number of carbonyl (C=O) groups is 3. The van der Waals surface area contributed by atoms with Gasteiger partial charge in [-0.05, 0) is 25.3 Å². The first-order valence-electron chi connectivity index (χ1n) is 8.71. The number of rotatable bonds is 12. The van der Waals surface area contributed by atoms with E-state index >= 15 is 0 Å². The highest BCUT2D eigenvalue weighted by atomic mass is 16.6. The molecular weight excluding hydrogens is 338 g/mol. The summed E-state index contributed by atoms with van der Waals surface area (Å²) >= 11 is 0. The summed E-state index contributed by atoms with van der Waals surface area (Å²) in [4.78, 5) is 35.1. The summed E-state index contributed by atoms with van der Waals surface area (Å²) in [5, 5.41) is 2.41. The van der Waals surface area contributed by atoms with Crippen LogP contribution in [0.25, 0.3) is 0 Å². The quantitative estimate of drug-likeness (QED) is 0.452. The second-order valence-electron chi connectivity index (χ2n) is 5.66. The molecule has 0 aliphatic carbocycles. The lowest BCUT2D eigenvalue weighted by Gasteiger charge is -2.15. The number of esters is 1. The fourth-order valence-corrected chi connectivity index (χ4v) is 2.27. The molecule has 1 aromatic carbocycles. The molecule has 0 unspecified atom stereocenters. The van der Waals surface area contributed by atoms with E-state index in [4.69, 9.17) is 9.47 Å². The van der Waals surface area contributed by atoms with Crippen LogP contribution >= 0.6 is 0 Å². The van der Waals surface area contributed by atoms with Crippen molar-refractivity contribution in [3.05, 3.63) is 35.9 Å². The molecule has 0 radical (unpaired) electrons. The summed E-state index contributed by atoms with van der Waals surface area (Å²) in [6.07, 6.45) is 0.617. The largest absolute Gasteiger partial charge is 0.467 e. The zero-order valence-corrected chi connectivity index (χ0v) is 15.4. The van der Waals surface area contributed by atoms with Gasteiger partial charge in [0.1, 0.15) is 11.8 Å². The highest BCUT2D eigenvalue weighted by molar-refractivity contribution is 5.83. The van der Waals surface area contributed by atoms with E-state index in [1.54, 1.807) is 6.92 Å². The summed E-state index contributed by atoms with van der Waals surface area (Å²) in [5.41, 5.74) is 1.09. The maximum atomic E-state index is 12.0. The topological polar surface area (TPSA) is 90.9 Å². The van der Waals surface area contributed by atoms with E-state index in [2.05, 4.69) is 10.1 Å². The van der Waals surface area contributed by atoms with Crippen LogP contribution in [0, 0.1) is 0 Å². The Morgan fingerprint density at radius 2 is 1.85 bits per heavy atom. The van der Waals surface area contributed by atoms with Crippen LogP contribution in [0.4, 0.5) is 4.79 Å². The van der Waals surface area contributed by atoms with Crippen molar-refractivity contribution in [2.75, 3.05) is 20.3 Å². The second kappa shape index (κ2) is 12.9. The van der Waals surface area contributed by atoms with E-state index in [-0.39, 0.29) is 25.2 Å². The SMILES string of the molecule is CCOC(=O)N[C@@H](CCC(=O)CCCOCc1ccccc1)C(=O)OC. The van der Waals surface area contributed by atoms with Gasteiger partial charge in [0.2, 0.25) is 0 Å². The molecule has 1 rings (SSSR count). The number of nitrogens with one attached hydrogen (secondary N) is 1. The van der Waals surface area contributed by atoms with Crippen LogP contribution in [0.15, 0.2) is 30.3 Å². The lowest BCUT2D eigenvalue weighted by molar-refractivity contribution is -0.143. The zero-order valence-electron chi connectivity index (χ0n) is 15.4. The van der Waals surface area contributed by atoms with Crippen LogP contribution in [0.3, 0.4) is 0 Å². The first kappa shape index (κ1) is 21.6. The maximum absolute atomic E-state index is 12.0. The molecule has 0 aliphatic rings. The average Bonchev–Trinajstić information content (AvgIpc) is 2.65. The minimum atomic E-state index is -0.891. The Morgan fingerprint density at radius 3 is 2.50 bits per heavy atom. The maximum Gasteiger partial charge on any atom is 0.407 e. The van der Waals surface area contributed by atoms with Crippen molar-refractivity contribution < 1.29 is 28.6 Å². The third-order valence-electron chi connectivity index (χ3n) is 3.62. The Labute approximate surface area is 154 Å². The highest BCUT2D eigenvalue weighted by Gasteiger charge is 2.22. The van der Waals surface area contributed by atoms with Gasteiger partial charge in [-0.2, -0.15) is 0 Å².